The summed E-state index contributed by atoms with van der Waals surface area (Å²) in [5.41, 5.74) is -0.558. The van der Waals surface area contributed by atoms with Gasteiger partial charge in [-0.3, -0.25) is 9.59 Å². The molecule has 3 aromatic carbocycles. The second-order valence-corrected chi connectivity index (χ2v) is 7.28. The molecule has 10 nitrogen and oxygen atoms in total. The fourth-order valence-electron chi connectivity index (χ4n) is 3.26. The van der Waals surface area contributed by atoms with E-state index < -0.39 is 34.4 Å². The highest BCUT2D eigenvalue weighted by atomic mass is 16.5. The van der Waals surface area contributed by atoms with E-state index in [1.807, 2.05) is 0 Å². The minimum atomic E-state index is -0.941. The first kappa shape index (κ1) is 22.2. The summed E-state index contributed by atoms with van der Waals surface area (Å²) < 4.78 is 11.0. The molecule has 0 unspecified atom stereocenters. The number of carbonyl (C=O) groups is 2. The number of ether oxygens (including phenoxy) is 1. The van der Waals surface area contributed by atoms with Crippen molar-refractivity contribution in [3.05, 3.63) is 70.4 Å². The number of amides is 1. The number of benzene rings is 3. The van der Waals surface area contributed by atoms with Crippen LogP contribution in [-0.4, -0.2) is 32.3 Å². The summed E-state index contributed by atoms with van der Waals surface area (Å²) in [7, 11) is 0. The summed E-state index contributed by atoms with van der Waals surface area (Å²) >= 11 is 0. The standard InChI is InChI=1S/C24H17NO9/c1-11(26)25-14-5-2-12(3-6-14)24(32)34-23-21(31)20-18(30)9-15(27)10-19(20)33-22(23)13-4-7-16(28)17(29)8-13/h2-10,27-30H,1H3,(H,25,26). The summed E-state index contributed by atoms with van der Waals surface area (Å²) in [6, 6.07) is 11.2. The molecule has 1 amide bonds. The Morgan fingerprint density at radius 1 is 0.882 bits per heavy atom. The molecule has 172 valence electrons. The van der Waals surface area contributed by atoms with Crippen LogP contribution in [0, 0.1) is 0 Å². The molecule has 0 saturated carbocycles. The lowest BCUT2D eigenvalue weighted by molar-refractivity contribution is -0.114. The Kier molecular flexibility index (Phi) is 5.56. The van der Waals surface area contributed by atoms with Crippen LogP contribution >= 0.6 is 0 Å². The highest BCUT2D eigenvalue weighted by Gasteiger charge is 2.24. The molecule has 0 atom stereocenters. The van der Waals surface area contributed by atoms with Gasteiger partial charge in [-0.2, -0.15) is 0 Å². The van der Waals surface area contributed by atoms with E-state index in [9.17, 15) is 34.8 Å². The maximum atomic E-state index is 13.2. The molecule has 0 bridgehead atoms. The normalized spacial score (nSPS) is 10.7. The molecule has 4 aromatic rings. The number of carbonyl (C=O) groups excluding carboxylic acids is 2. The van der Waals surface area contributed by atoms with Crippen LogP contribution in [0.15, 0.2) is 63.8 Å². The minimum Gasteiger partial charge on any atom is -0.508 e. The van der Waals surface area contributed by atoms with Gasteiger partial charge in [0.05, 0.1) is 5.56 Å². The third-order valence-electron chi connectivity index (χ3n) is 4.79. The summed E-state index contributed by atoms with van der Waals surface area (Å²) in [6.07, 6.45) is 0. The zero-order chi connectivity index (χ0) is 24.6. The molecule has 1 heterocycles. The lowest BCUT2D eigenvalue weighted by Gasteiger charge is -2.12. The second-order valence-electron chi connectivity index (χ2n) is 7.28. The number of hydrogen-bond acceptors (Lipinski definition) is 9. The number of phenols is 4. The van der Waals surface area contributed by atoms with E-state index in [0.717, 1.165) is 24.3 Å². The molecular weight excluding hydrogens is 446 g/mol. The zero-order valence-electron chi connectivity index (χ0n) is 17.5. The Morgan fingerprint density at radius 2 is 1.59 bits per heavy atom. The molecule has 0 aliphatic heterocycles. The predicted octanol–water partition coefficient (Wildman–Crippen LogP) is 3.46. The van der Waals surface area contributed by atoms with E-state index >= 15 is 0 Å². The van der Waals surface area contributed by atoms with E-state index in [1.165, 1.54) is 37.3 Å². The number of aromatic hydroxyl groups is 4. The molecule has 4 rings (SSSR count). The van der Waals surface area contributed by atoms with Crippen LogP contribution in [0.25, 0.3) is 22.3 Å². The molecular formula is C24H17NO9. The highest BCUT2D eigenvalue weighted by Crippen LogP contribution is 2.38. The van der Waals surface area contributed by atoms with Crippen molar-refractivity contribution < 1.29 is 39.2 Å². The van der Waals surface area contributed by atoms with Crippen LogP contribution in [0.2, 0.25) is 0 Å². The van der Waals surface area contributed by atoms with Gasteiger partial charge in [0.1, 0.15) is 22.5 Å². The molecule has 0 saturated heterocycles. The first-order chi connectivity index (χ1) is 16.1. The number of hydrogen-bond donors (Lipinski definition) is 5. The van der Waals surface area contributed by atoms with Crippen molar-refractivity contribution >= 4 is 28.5 Å². The van der Waals surface area contributed by atoms with E-state index in [2.05, 4.69) is 5.32 Å². The van der Waals surface area contributed by atoms with E-state index in [4.69, 9.17) is 9.15 Å². The number of phenolic OH excluding ortho intramolecular Hbond substituents is 4. The number of nitrogens with one attached hydrogen (secondary N) is 1. The third kappa shape index (κ3) is 4.19. The fourth-order valence-corrected chi connectivity index (χ4v) is 3.26. The number of fused-ring (bicyclic) bond motifs is 1. The van der Waals surface area contributed by atoms with Gasteiger partial charge in [-0.15, -0.1) is 0 Å². The SMILES string of the molecule is CC(=O)Nc1ccc(C(=O)Oc2c(-c3ccc(O)c(O)c3)oc3cc(O)cc(O)c3c2=O)cc1. The average molecular weight is 463 g/mol. The van der Waals surface area contributed by atoms with Crippen LogP contribution < -0.4 is 15.5 Å². The van der Waals surface area contributed by atoms with E-state index in [0.29, 0.717) is 5.69 Å². The maximum absolute atomic E-state index is 13.2. The van der Waals surface area contributed by atoms with Crippen molar-refractivity contribution in [3.8, 4) is 40.1 Å². The Bertz CT molecular complexity index is 1500. The van der Waals surface area contributed by atoms with Gasteiger partial charge < -0.3 is 34.9 Å². The molecule has 0 aliphatic rings. The molecule has 0 aliphatic carbocycles. The molecule has 1 aromatic heterocycles. The third-order valence-corrected chi connectivity index (χ3v) is 4.79. The van der Waals surface area contributed by atoms with Crippen molar-refractivity contribution in [1.82, 2.24) is 0 Å². The Labute approximate surface area is 190 Å². The van der Waals surface area contributed by atoms with Gasteiger partial charge in [0, 0.05) is 30.3 Å². The molecule has 0 spiro atoms. The van der Waals surface area contributed by atoms with Gasteiger partial charge >= 0.3 is 5.97 Å². The summed E-state index contributed by atoms with van der Waals surface area (Å²) in [5.74, 6) is -4.04. The van der Waals surface area contributed by atoms with Gasteiger partial charge in [0.25, 0.3) is 0 Å². The fraction of sp³-hybridized carbons (Fsp3) is 0.0417. The van der Waals surface area contributed by atoms with Crippen molar-refractivity contribution in [1.29, 1.82) is 0 Å². The largest absolute Gasteiger partial charge is 0.508 e. The van der Waals surface area contributed by atoms with Crippen LogP contribution in [0.1, 0.15) is 17.3 Å². The van der Waals surface area contributed by atoms with Crippen molar-refractivity contribution in [3.63, 3.8) is 0 Å². The van der Waals surface area contributed by atoms with Crippen LogP contribution in [0.4, 0.5) is 5.69 Å². The van der Waals surface area contributed by atoms with Crippen molar-refractivity contribution in [2.75, 3.05) is 5.32 Å². The first-order valence-corrected chi connectivity index (χ1v) is 9.79. The molecule has 5 N–H and O–H groups in total. The number of esters is 1. The zero-order valence-corrected chi connectivity index (χ0v) is 17.5. The monoisotopic (exact) mass is 463 g/mol. The minimum absolute atomic E-state index is 0.0445. The number of anilines is 1. The van der Waals surface area contributed by atoms with Gasteiger partial charge in [-0.25, -0.2) is 4.79 Å². The molecule has 0 fully saturated rings. The topological polar surface area (TPSA) is 167 Å². The van der Waals surface area contributed by atoms with Crippen LogP contribution in [0.5, 0.6) is 28.7 Å². The van der Waals surface area contributed by atoms with Crippen molar-refractivity contribution in [2.24, 2.45) is 0 Å². The maximum Gasteiger partial charge on any atom is 0.343 e. The van der Waals surface area contributed by atoms with Gasteiger partial charge in [-0.1, -0.05) is 0 Å². The first-order valence-electron chi connectivity index (χ1n) is 9.79. The Hall–Kier alpha value is -4.99. The Balaban J connectivity index is 1.85. The lowest BCUT2D eigenvalue weighted by Crippen LogP contribution is -2.16. The van der Waals surface area contributed by atoms with Gasteiger partial charge in [0.2, 0.25) is 17.1 Å². The van der Waals surface area contributed by atoms with E-state index in [1.54, 1.807) is 0 Å². The quantitative estimate of drug-likeness (QED) is 0.225. The number of rotatable bonds is 4. The van der Waals surface area contributed by atoms with E-state index in [-0.39, 0.29) is 39.5 Å². The summed E-state index contributed by atoms with van der Waals surface area (Å²) in [4.78, 5) is 37.2. The molecule has 34 heavy (non-hydrogen) atoms. The predicted molar refractivity (Wildman–Crippen MR) is 120 cm³/mol. The smallest absolute Gasteiger partial charge is 0.343 e. The highest BCUT2D eigenvalue weighted by molar-refractivity contribution is 5.95. The van der Waals surface area contributed by atoms with Crippen LogP contribution in [0.3, 0.4) is 0 Å². The Morgan fingerprint density at radius 3 is 2.24 bits per heavy atom. The molecule has 0 radical (unpaired) electrons. The second kappa shape index (κ2) is 8.51. The van der Waals surface area contributed by atoms with Crippen LogP contribution in [-0.2, 0) is 4.79 Å². The van der Waals surface area contributed by atoms with Gasteiger partial charge in [0.15, 0.2) is 17.3 Å². The lowest BCUT2D eigenvalue weighted by atomic mass is 10.1. The average Bonchev–Trinajstić information content (AvgIpc) is 2.77. The summed E-state index contributed by atoms with van der Waals surface area (Å²) in [6.45, 7) is 1.33. The molecule has 10 heteroatoms. The van der Waals surface area contributed by atoms with Gasteiger partial charge in [-0.05, 0) is 42.5 Å². The van der Waals surface area contributed by atoms with Crippen molar-refractivity contribution in [2.45, 2.75) is 6.92 Å². The summed E-state index contributed by atoms with van der Waals surface area (Å²) in [5, 5.41) is 41.7.